The van der Waals surface area contributed by atoms with Crippen LogP contribution in [0, 0.1) is 0 Å². The Morgan fingerprint density at radius 3 is 2.95 bits per heavy atom. The fourth-order valence-corrected chi connectivity index (χ4v) is 3.75. The number of hydrogen-bond donors (Lipinski definition) is 2. The third-order valence-corrected chi connectivity index (χ3v) is 4.92. The van der Waals surface area contributed by atoms with Gasteiger partial charge in [0.1, 0.15) is 5.01 Å². The molecule has 2 amide bonds. The summed E-state index contributed by atoms with van der Waals surface area (Å²) in [6.45, 7) is 2.69. The van der Waals surface area contributed by atoms with Crippen molar-refractivity contribution in [1.29, 1.82) is 0 Å². The van der Waals surface area contributed by atoms with Crippen LogP contribution < -0.4 is 5.32 Å². The quantitative estimate of drug-likeness (QED) is 0.847. The van der Waals surface area contributed by atoms with E-state index in [4.69, 9.17) is 5.11 Å². The van der Waals surface area contributed by atoms with Crippen LogP contribution in [-0.2, 0) is 19.4 Å². The molecule has 0 fully saturated rings. The van der Waals surface area contributed by atoms with Crippen molar-refractivity contribution in [2.45, 2.75) is 58.0 Å². The zero-order chi connectivity index (χ0) is 15.2. The van der Waals surface area contributed by atoms with Crippen molar-refractivity contribution in [1.82, 2.24) is 15.2 Å². The molecule has 0 aliphatic heterocycles. The molecule has 21 heavy (non-hydrogen) atoms. The molecule has 118 valence electrons. The molecule has 2 N–H and O–H groups in total. The van der Waals surface area contributed by atoms with E-state index >= 15 is 0 Å². The number of nitrogens with one attached hydrogen (secondary N) is 1. The number of carbonyl (C=O) groups excluding carboxylic acids is 1. The van der Waals surface area contributed by atoms with Crippen LogP contribution in [0.2, 0.25) is 0 Å². The van der Waals surface area contributed by atoms with Gasteiger partial charge in [-0.1, -0.05) is 0 Å². The molecule has 5 nitrogen and oxygen atoms in total. The normalized spacial score (nSPS) is 15.4. The molecule has 1 heterocycles. The number of thiazole rings is 1. The number of aliphatic hydroxyl groups excluding tert-OH is 1. The molecule has 6 heteroatoms. The summed E-state index contributed by atoms with van der Waals surface area (Å²) >= 11 is 1.75. The average molecular weight is 311 g/mol. The Labute approximate surface area is 130 Å². The molecule has 2 rings (SSSR count). The largest absolute Gasteiger partial charge is 0.396 e. The first-order valence-corrected chi connectivity index (χ1v) is 8.51. The third kappa shape index (κ3) is 4.68. The minimum Gasteiger partial charge on any atom is -0.396 e. The topological polar surface area (TPSA) is 65.5 Å². The number of aryl methyl sites for hydroxylation is 2. The van der Waals surface area contributed by atoms with E-state index in [0.29, 0.717) is 13.0 Å². The third-order valence-electron chi connectivity index (χ3n) is 3.77. The fourth-order valence-electron chi connectivity index (χ4n) is 2.54. The van der Waals surface area contributed by atoms with Gasteiger partial charge >= 0.3 is 6.03 Å². The number of hydrogen-bond acceptors (Lipinski definition) is 4. The van der Waals surface area contributed by atoms with Crippen molar-refractivity contribution in [3.05, 3.63) is 15.6 Å². The highest BCUT2D eigenvalue weighted by atomic mass is 32.1. The van der Waals surface area contributed by atoms with Gasteiger partial charge in [-0.3, -0.25) is 0 Å². The lowest BCUT2D eigenvalue weighted by molar-refractivity contribution is 0.201. The minimum atomic E-state index is -0.0754. The first-order valence-electron chi connectivity index (χ1n) is 7.70. The Bertz CT molecular complexity index is 452. The van der Waals surface area contributed by atoms with Crippen LogP contribution in [0.4, 0.5) is 4.79 Å². The number of aliphatic hydroxyl groups is 1. The number of carbonyl (C=O) groups is 1. The Kier molecular flexibility index (Phi) is 5.99. The second kappa shape index (κ2) is 7.75. The molecule has 0 radical (unpaired) electrons. The number of aromatic nitrogens is 1. The first-order chi connectivity index (χ1) is 10.1. The predicted molar refractivity (Wildman–Crippen MR) is 84.5 cm³/mol. The fraction of sp³-hybridized carbons (Fsp3) is 0.733. The van der Waals surface area contributed by atoms with Gasteiger partial charge in [-0.25, -0.2) is 9.78 Å². The van der Waals surface area contributed by atoms with E-state index in [1.807, 2.05) is 6.92 Å². The van der Waals surface area contributed by atoms with Crippen molar-refractivity contribution in [3.63, 3.8) is 0 Å². The molecule has 1 unspecified atom stereocenters. The molecule has 0 aromatic carbocycles. The van der Waals surface area contributed by atoms with Crippen LogP contribution in [0.3, 0.4) is 0 Å². The Morgan fingerprint density at radius 1 is 1.48 bits per heavy atom. The number of amides is 2. The average Bonchev–Trinajstić information content (AvgIpc) is 2.87. The highest BCUT2D eigenvalue weighted by Crippen LogP contribution is 2.27. The highest BCUT2D eigenvalue weighted by Gasteiger charge is 2.18. The van der Waals surface area contributed by atoms with Gasteiger partial charge < -0.3 is 15.3 Å². The first kappa shape index (κ1) is 16.2. The smallest absolute Gasteiger partial charge is 0.317 e. The van der Waals surface area contributed by atoms with Gasteiger partial charge in [0.25, 0.3) is 0 Å². The zero-order valence-electron chi connectivity index (χ0n) is 12.9. The van der Waals surface area contributed by atoms with Crippen molar-refractivity contribution >= 4 is 17.4 Å². The second-order valence-electron chi connectivity index (χ2n) is 5.76. The van der Waals surface area contributed by atoms with E-state index in [-0.39, 0.29) is 18.7 Å². The zero-order valence-corrected chi connectivity index (χ0v) is 13.7. The van der Waals surface area contributed by atoms with Crippen molar-refractivity contribution in [2.24, 2.45) is 0 Å². The van der Waals surface area contributed by atoms with Gasteiger partial charge in [0.15, 0.2) is 0 Å². The molecule has 0 spiro atoms. The molecule has 1 aliphatic rings. The molecule has 1 aromatic heterocycles. The molecule has 0 bridgehead atoms. The summed E-state index contributed by atoms with van der Waals surface area (Å²) in [4.78, 5) is 19.8. The number of rotatable bonds is 6. The predicted octanol–water partition coefficient (Wildman–Crippen LogP) is 2.32. The van der Waals surface area contributed by atoms with Gasteiger partial charge in [0, 0.05) is 24.6 Å². The van der Waals surface area contributed by atoms with E-state index in [9.17, 15) is 4.79 Å². The summed E-state index contributed by atoms with van der Waals surface area (Å²) in [6.07, 6.45) is 6.22. The molecule has 1 aromatic rings. The van der Waals surface area contributed by atoms with Crippen molar-refractivity contribution < 1.29 is 9.90 Å². The molecular formula is C15H25N3O2S. The molecule has 1 atom stereocenters. The molecule has 1 aliphatic carbocycles. The lowest BCUT2D eigenvalue weighted by atomic mass is 10.0. The van der Waals surface area contributed by atoms with Crippen molar-refractivity contribution in [3.8, 4) is 0 Å². The SMILES string of the molecule is CC(CCCO)NC(=O)N(C)Cc1nc2c(s1)CCCC2. The molecule has 0 saturated carbocycles. The van der Waals surface area contributed by atoms with Crippen LogP contribution in [0.15, 0.2) is 0 Å². The maximum Gasteiger partial charge on any atom is 0.317 e. The second-order valence-corrected chi connectivity index (χ2v) is 6.93. The van der Waals surface area contributed by atoms with Crippen LogP contribution >= 0.6 is 11.3 Å². The van der Waals surface area contributed by atoms with Crippen LogP contribution in [0.5, 0.6) is 0 Å². The summed E-state index contributed by atoms with van der Waals surface area (Å²) in [5.41, 5.74) is 1.24. The monoisotopic (exact) mass is 311 g/mol. The van der Waals surface area contributed by atoms with Gasteiger partial charge in [-0.15, -0.1) is 11.3 Å². The van der Waals surface area contributed by atoms with Gasteiger partial charge in [0.2, 0.25) is 0 Å². The Balaban J connectivity index is 1.84. The molecule has 0 saturated heterocycles. The maximum absolute atomic E-state index is 12.1. The Morgan fingerprint density at radius 2 is 2.24 bits per heavy atom. The van der Waals surface area contributed by atoms with E-state index in [0.717, 1.165) is 24.3 Å². The summed E-state index contributed by atoms with van der Waals surface area (Å²) in [7, 11) is 1.80. The summed E-state index contributed by atoms with van der Waals surface area (Å²) in [5.74, 6) is 0. The van der Waals surface area contributed by atoms with Crippen LogP contribution in [-0.4, -0.2) is 40.7 Å². The van der Waals surface area contributed by atoms with Gasteiger partial charge in [-0.05, 0) is 45.4 Å². The standard InChI is InChI=1S/C15H25N3O2S/c1-11(6-5-9-19)16-15(20)18(2)10-14-17-12-7-3-4-8-13(12)21-14/h11,19H,3-10H2,1-2H3,(H,16,20). The Hall–Kier alpha value is -1.14. The van der Waals surface area contributed by atoms with Crippen molar-refractivity contribution in [2.75, 3.05) is 13.7 Å². The highest BCUT2D eigenvalue weighted by molar-refractivity contribution is 7.11. The van der Waals surface area contributed by atoms with Gasteiger partial charge in [0.05, 0.1) is 12.2 Å². The number of urea groups is 1. The number of fused-ring (bicyclic) bond motifs is 1. The summed E-state index contributed by atoms with van der Waals surface area (Å²) < 4.78 is 0. The molecular weight excluding hydrogens is 286 g/mol. The summed E-state index contributed by atoms with van der Waals surface area (Å²) in [6, 6.07) is 0.00483. The summed E-state index contributed by atoms with van der Waals surface area (Å²) in [5, 5.41) is 12.8. The minimum absolute atomic E-state index is 0.0754. The maximum atomic E-state index is 12.1. The van der Waals surface area contributed by atoms with E-state index in [1.165, 1.54) is 23.4 Å². The lowest BCUT2D eigenvalue weighted by Gasteiger charge is -2.20. The van der Waals surface area contributed by atoms with Gasteiger partial charge in [-0.2, -0.15) is 0 Å². The van der Waals surface area contributed by atoms with E-state index in [1.54, 1.807) is 23.3 Å². The number of nitrogens with zero attached hydrogens (tertiary/aromatic N) is 2. The van der Waals surface area contributed by atoms with E-state index in [2.05, 4.69) is 10.3 Å². The van der Waals surface area contributed by atoms with E-state index < -0.39 is 0 Å². The lowest BCUT2D eigenvalue weighted by Crippen LogP contribution is -2.41. The van der Waals surface area contributed by atoms with Crippen LogP contribution in [0.25, 0.3) is 0 Å². The van der Waals surface area contributed by atoms with Crippen LogP contribution in [0.1, 0.15) is 48.2 Å².